The Morgan fingerprint density at radius 2 is 1.87 bits per heavy atom. The summed E-state index contributed by atoms with van der Waals surface area (Å²) < 4.78 is 29.7. The van der Waals surface area contributed by atoms with Gasteiger partial charge in [0.05, 0.1) is 10.9 Å². The summed E-state index contributed by atoms with van der Waals surface area (Å²) in [6.45, 7) is -0.141. The van der Waals surface area contributed by atoms with Gasteiger partial charge in [-0.15, -0.1) is 0 Å². The second-order valence-electron chi connectivity index (χ2n) is 6.34. The van der Waals surface area contributed by atoms with Gasteiger partial charge in [0.2, 0.25) is 5.91 Å². The summed E-state index contributed by atoms with van der Waals surface area (Å²) >= 11 is 5.97. The molecule has 0 saturated carbocycles. The van der Waals surface area contributed by atoms with Crippen molar-refractivity contribution in [1.29, 1.82) is 0 Å². The third-order valence-corrected chi connectivity index (χ3v) is 6.19. The number of benzene rings is 1. The maximum Gasteiger partial charge on any atom is 0.328 e. The van der Waals surface area contributed by atoms with Gasteiger partial charge >= 0.3 is 5.69 Å². The van der Waals surface area contributed by atoms with E-state index >= 15 is 0 Å². The molecule has 1 aromatic carbocycles. The van der Waals surface area contributed by atoms with Crippen molar-refractivity contribution in [3.05, 3.63) is 74.7 Å². The van der Waals surface area contributed by atoms with Crippen LogP contribution in [0.25, 0.3) is 16.6 Å². The summed E-state index contributed by atoms with van der Waals surface area (Å²) in [5, 5.41) is -0.355. The van der Waals surface area contributed by atoms with Crippen molar-refractivity contribution >= 4 is 44.1 Å². The number of hydrogen-bond acceptors (Lipinski definition) is 6. The number of amides is 1. The molecule has 4 aromatic rings. The van der Waals surface area contributed by atoms with E-state index in [1.807, 2.05) is 4.72 Å². The highest BCUT2D eigenvalue weighted by atomic mass is 35.5. The van der Waals surface area contributed by atoms with Gasteiger partial charge in [0, 0.05) is 19.2 Å². The van der Waals surface area contributed by atoms with E-state index in [2.05, 4.69) is 9.97 Å². The van der Waals surface area contributed by atoms with E-state index in [4.69, 9.17) is 11.6 Å². The first kappa shape index (κ1) is 19.9. The van der Waals surface area contributed by atoms with Crippen LogP contribution in [0.2, 0.25) is 5.15 Å². The number of pyridine rings is 1. The molecule has 154 valence electrons. The molecule has 0 aliphatic rings. The Labute approximate surface area is 173 Å². The Kier molecular flexibility index (Phi) is 4.92. The summed E-state index contributed by atoms with van der Waals surface area (Å²) in [4.78, 5) is 42.5. The number of fused-ring (bicyclic) bond motifs is 2. The average Bonchev–Trinajstić information content (AvgIpc) is 3.04. The molecule has 3 heterocycles. The van der Waals surface area contributed by atoms with E-state index in [1.165, 1.54) is 15.2 Å². The first-order valence-corrected chi connectivity index (χ1v) is 10.5. The zero-order valence-corrected chi connectivity index (χ0v) is 16.8. The number of H-pyrrole nitrogens is 1. The molecule has 4 rings (SSSR count). The van der Waals surface area contributed by atoms with Crippen LogP contribution in [0.4, 0.5) is 0 Å². The summed E-state index contributed by atoms with van der Waals surface area (Å²) in [7, 11) is -4.31. The number of sulfonamides is 1. The summed E-state index contributed by atoms with van der Waals surface area (Å²) in [5.41, 5.74) is -0.589. The van der Waals surface area contributed by atoms with E-state index in [0.29, 0.717) is 11.2 Å². The maximum atomic E-state index is 12.7. The fraction of sp³-hybridized carbons (Fsp3) is 0.111. The molecular formula is C18H14ClN5O5S. The summed E-state index contributed by atoms with van der Waals surface area (Å²) in [6, 6.07) is 11.2. The number of aromatic amines is 1. The van der Waals surface area contributed by atoms with Crippen molar-refractivity contribution in [2.45, 2.75) is 18.0 Å². The molecular weight excluding hydrogens is 434 g/mol. The zero-order chi connectivity index (χ0) is 21.5. The van der Waals surface area contributed by atoms with Gasteiger partial charge in [0.15, 0.2) is 10.2 Å². The van der Waals surface area contributed by atoms with Gasteiger partial charge in [-0.25, -0.2) is 14.5 Å². The van der Waals surface area contributed by atoms with E-state index in [0.717, 1.165) is 0 Å². The van der Waals surface area contributed by atoms with Crippen LogP contribution in [0.5, 0.6) is 0 Å². The third-order valence-electron chi connectivity index (χ3n) is 4.42. The summed E-state index contributed by atoms with van der Waals surface area (Å²) in [5.74, 6) is -0.848. The topological polar surface area (TPSA) is 135 Å². The number of carbonyl (C=O) groups excluding carboxylic acids is 1. The number of hydrogen-bond donors (Lipinski definition) is 2. The van der Waals surface area contributed by atoms with E-state index in [1.54, 1.807) is 42.5 Å². The minimum Gasteiger partial charge on any atom is -0.293 e. The number of aryl methyl sites for hydroxylation is 1. The summed E-state index contributed by atoms with van der Waals surface area (Å²) in [6.07, 6.45) is 1.13. The van der Waals surface area contributed by atoms with Crippen LogP contribution in [-0.2, 0) is 21.4 Å². The van der Waals surface area contributed by atoms with E-state index in [-0.39, 0.29) is 28.5 Å². The van der Waals surface area contributed by atoms with Gasteiger partial charge in [0.25, 0.3) is 15.6 Å². The Morgan fingerprint density at radius 1 is 1.13 bits per heavy atom. The van der Waals surface area contributed by atoms with Crippen LogP contribution in [-0.4, -0.2) is 33.3 Å². The second-order valence-corrected chi connectivity index (χ2v) is 8.30. The minimum atomic E-state index is -4.31. The van der Waals surface area contributed by atoms with Crippen molar-refractivity contribution in [2.24, 2.45) is 0 Å². The Bertz CT molecular complexity index is 1520. The van der Waals surface area contributed by atoms with Gasteiger partial charge in [-0.05, 0) is 24.3 Å². The number of para-hydroxylation sites is 1. The predicted molar refractivity (Wildman–Crippen MR) is 109 cm³/mol. The first-order chi connectivity index (χ1) is 14.3. The van der Waals surface area contributed by atoms with Gasteiger partial charge in [0.1, 0.15) is 5.65 Å². The van der Waals surface area contributed by atoms with Gasteiger partial charge in [-0.2, -0.15) is 8.42 Å². The minimum absolute atomic E-state index is 0.141. The van der Waals surface area contributed by atoms with Crippen LogP contribution < -0.4 is 16.0 Å². The van der Waals surface area contributed by atoms with Crippen molar-refractivity contribution in [2.75, 3.05) is 0 Å². The lowest BCUT2D eigenvalue weighted by Gasteiger charge is -2.10. The fourth-order valence-corrected chi connectivity index (χ4v) is 4.77. The molecule has 0 atom stereocenters. The number of carbonyl (C=O) groups is 1. The zero-order valence-electron chi connectivity index (χ0n) is 15.2. The lowest BCUT2D eigenvalue weighted by Crippen LogP contribution is -2.35. The molecule has 0 spiro atoms. The molecule has 0 bridgehead atoms. The molecule has 0 aliphatic heterocycles. The molecule has 0 saturated heterocycles. The molecule has 0 fully saturated rings. The molecule has 0 unspecified atom stereocenters. The molecule has 2 N–H and O–H groups in total. The van der Waals surface area contributed by atoms with Crippen LogP contribution >= 0.6 is 11.6 Å². The van der Waals surface area contributed by atoms with Gasteiger partial charge in [-0.1, -0.05) is 29.8 Å². The van der Waals surface area contributed by atoms with Crippen LogP contribution in [0.1, 0.15) is 6.42 Å². The number of imidazole rings is 1. The number of halogens is 1. The quantitative estimate of drug-likeness (QED) is 0.466. The number of nitrogens with one attached hydrogen (secondary N) is 2. The Hall–Kier alpha value is -3.44. The molecule has 3 aromatic heterocycles. The monoisotopic (exact) mass is 447 g/mol. The predicted octanol–water partition coefficient (Wildman–Crippen LogP) is 0.886. The van der Waals surface area contributed by atoms with E-state index < -0.39 is 27.2 Å². The smallest absolute Gasteiger partial charge is 0.293 e. The van der Waals surface area contributed by atoms with Crippen molar-refractivity contribution < 1.29 is 13.2 Å². The highest BCUT2D eigenvalue weighted by Gasteiger charge is 2.26. The lowest BCUT2D eigenvalue weighted by atomic mass is 10.2. The van der Waals surface area contributed by atoms with Crippen LogP contribution in [0, 0.1) is 0 Å². The van der Waals surface area contributed by atoms with Crippen molar-refractivity contribution in [3.63, 3.8) is 0 Å². The fourth-order valence-electron chi connectivity index (χ4n) is 3.11. The maximum absolute atomic E-state index is 12.7. The van der Waals surface area contributed by atoms with Gasteiger partial charge < -0.3 is 0 Å². The normalized spacial score (nSPS) is 11.8. The number of nitrogens with zero attached hydrogens (tertiary/aromatic N) is 3. The molecule has 10 nitrogen and oxygen atoms in total. The van der Waals surface area contributed by atoms with Gasteiger partial charge in [-0.3, -0.25) is 23.5 Å². The third kappa shape index (κ3) is 3.48. The van der Waals surface area contributed by atoms with Crippen molar-refractivity contribution in [1.82, 2.24) is 23.7 Å². The average molecular weight is 448 g/mol. The molecule has 1 amide bonds. The largest absolute Gasteiger partial charge is 0.328 e. The number of aromatic nitrogens is 4. The first-order valence-electron chi connectivity index (χ1n) is 8.68. The highest BCUT2D eigenvalue weighted by molar-refractivity contribution is 7.90. The highest BCUT2D eigenvalue weighted by Crippen LogP contribution is 2.22. The Morgan fingerprint density at radius 3 is 2.67 bits per heavy atom. The van der Waals surface area contributed by atoms with Crippen LogP contribution in [0.3, 0.4) is 0 Å². The SMILES string of the molecule is O=C(CCn1c(=O)[nH]c(=O)c2ccccc21)NS(=O)(=O)c1c(Cl)nc2ccccn12. The van der Waals surface area contributed by atoms with Crippen LogP contribution in [0.15, 0.2) is 63.3 Å². The lowest BCUT2D eigenvalue weighted by molar-refractivity contribution is -0.119. The van der Waals surface area contributed by atoms with Crippen molar-refractivity contribution in [3.8, 4) is 0 Å². The van der Waals surface area contributed by atoms with E-state index in [9.17, 15) is 22.8 Å². The second kappa shape index (κ2) is 7.43. The number of rotatable bonds is 5. The Balaban J connectivity index is 1.59. The molecule has 30 heavy (non-hydrogen) atoms. The molecule has 12 heteroatoms. The molecule has 0 radical (unpaired) electrons. The molecule has 0 aliphatic carbocycles. The standard InChI is InChI=1S/C18H14ClN5O5S/c19-15-17(24-9-4-3-7-13(24)20-15)30(28,29)22-14(25)8-10-23-12-6-2-1-5-11(12)16(26)21-18(23)27/h1-7,9H,8,10H2,(H,22,25)(H,21,26,27).